The van der Waals surface area contributed by atoms with Crippen LogP contribution in [0, 0.1) is 0 Å². The minimum Gasteiger partial charge on any atom is -0.337 e. The van der Waals surface area contributed by atoms with E-state index >= 15 is 0 Å². The van der Waals surface area contributed by atoms with Crippen LogP contribution in [0.25, 0.3) is 0 Å². The molecule has 2 unspecified atom stereocenters. The van der Waals surface area contributed by atoms with Gasteiger partial charge in [0.2, 0.25) is 0 Å². The van der Waals surface area contributed by atoms with E-state index in [-0.39, 0.29) is 6.03 Å². The summed E-state index contributed by atoms with van der Waals surface area (Å²) in [6.45, 7) is 1.45. The van der Waals surface area contributed by atoms with Crippen molar-refractivity contribution in [1.29, 1.82) is 0 Å². The van der Waals surface area contributed by atoms with Gasteiger partial charge in [0, 0.05) is 31.8 Å². The minimum absolute atomic E-state index is 0.148. The fraction of sp³-hybridized carbons (Fsp3) is 0.533. The molecule has 1 heterocycles. The maximum Gasteiger partial charge on any atom is 0.317 e. The second-order valence-electron chi connectivity index (χ2n) is 5.97. The van der Waals surface area contributed by atoms with E-state index in [9.17, 15) is 13.2 Å². The summed E-state index contributed by atoms with van der Waals surface area (Å²) in [7, 11) is -3.06. The second-order valence-corrected chi connectivity index (χ2v) is 8.30. The molecule has 1 aliphatic carbocycles. The highest BCUT2D eigenvalue weighted by atomic mass is 32.2. The van der Waals surface area contributed by atoms with Crippen molar-refractivity contribution in [2.24, 2.45) is 0 Å². The number of rotatable bonds is 3. The number of amides is 2. The molecule has 0 radical (unpaired) electrons. The number of benzene rings is 1. The van der Waals surface area contributed by atoms with Crippen molar-refractivity contribution in [1.82, 2.24) is 10.2 Å². The smallest absolute Gasteiger partial charge is 0.317 e. The minimum atomic E-state index is -3.06. The molecule has 0 saturated carbocycles. The van der Waals surface area contributed by atoms with Gasteiger partial charge < -0.3 is 10.2 Å². The van der Waals surface area contributed by atoms with Crippen LogP contribution in [0.3, 0.4) is 0 Å². The zero-order valence-electron chi connectivity index (χ0n) is 12.1. The summed E-state index contributed by atoms with van der Waals surface area (Å²) in [6, 6.07) is 8.12. The molecule has 2 atom stereocenters. The van der Waals surface area contributed by atoms with Crippen molar-refractivity contribution < 1.29 is 13.2 Å². The highest BCUT2D eigenvalue weighted by Crippen LogP contribution is 2.34. The SMILES string of the molecule is CS(=O)(=O)C1CCN(C(=O)NCC2Cc3ccccc32)C1. The first-order valence-electron chi connectivity index (χ1n) is 7.24. The van der Waals surface area contributed by atoms with E-state index in [2.05, 4.69) is 17.4 Å². The molecule has 1 saturated heterocycles. The Hall–Kier alpha value is -1.56. The Morgan fingerprint density at radius 3 is 2.81 bits per heavy atom. The largest absolute Gasteiger partial charge is 0.337 e. The highest BCUT2D eigenvalue weighted by molar-refractivity contribution is 7.91. The number of carbonyl (C=O) groups excluding carboxylic acids is 1. The van der Waals surface area contributed by atoms with Crippen molar-refractivity contribution in [3.63, 3.8) is 0 Å². The second kappa shape index (κ2) is 5.33. The lowest BCUT2D eigenvalue weighted by Gasteiger charge is -2.30. The molecule has 1 N–H and O–H groups in total. The average Bonchev–Trinajstić information content (AvgIpc) is 2.89. The van der Waals surface area contributed by atoms with Crippen molar-refractivity contribution in [3.05, 3.63) is 35.4 Å². The molecule has 1 aromatic carbocycles. The molecule has 5 nitrogen and oxygen atoms in total. The van der Waals surface area contributed by atoms with Crippen molar-refractivity contribution >= 4 is 15.9 Å². The van der Waals surface area contributed by atoms with Crippen molar-refractivity contribution in [2.75, 3.05) is 25.9 Å². The number of nitrogens with one attached hydrogen (secondary N) is 1. The zero-order chi connectivity index (χ0) is 15.0. The van der Waals surface area contributed by atoms with Crippen LogP contribution in [0.15, 0.2) is 24.3 Å². The summed E-state index contributed by atoms with van der Waals surface area (Å²) in [4.78, 5) is 13.7. The van der Waals surface area contributed by atoms with Crippen LogP contribution in [0.5, 0.6) is 0 Å². The lowest BCUT2D eigenvalue weighted by molar-refractivity contribution is 0.208. The molecular formula is C15H20N2O3S. The van der Waals surface area contributed by atoms with Crippen LogP contribution in [-0.2, 0) is 16.3 Å². The van der Waals surface area contributed by atoms with Gasteiger partial charge >= 0.3 is 6.03 Å². The van der Waals surface area contributed by atoms with E-state index in [1.165, 1.54) is 17.4 Å². The predicted octanol–water partition coefficient (Wildman–Crippen LogP) is 1.15. The molecule has 2 aliphatic rings. The van der Waals surface area contributed by atoms with Crippen LogP contribution in [0.2, 0.25) is 0 Å². The number of urea groups is 1. The fourth-order valence-electron chi connectivity index (χ4n) is 3.13. The van der Waals surface area contributed by atoms with Crippen LogP contribution >= 0.6 is 0 Å². The summed E-state index contributed by atoms with van der Waals surface area (Å²) in [5.74, 6) is 0.387. The Labute approximate surface area is 125 Å². The van der Waals surface area contributed by atoms with E-state index in [4.69, 9.17) is 0 Å². The average molecular weight is 308 g/mol. The van der Waals surface area contributed by atoms with E-state index < -0.39 is 15.1 Å². The van der Waals surface area contributed by atoms with E-state index in [1.807, 2.05) is 12.1 Å². The third-order valence-electron chi connectivity index (χ3n) is 4.50. The number of fused-ring (bicyclic) bond motifs is 1. The topological polar surface area (TPSA) is 66.5 Å². The number of hydrogen-bond acceptors (Lipinski definition) is 3. The quantitative estimate of drug-likeness (QED) is 0.911. The van der Waals surface area contributed by atoms with Crippen LogP contribution in [0.4, 0.5) is 4.79 Å². The molecule has 0 spiro atoms. The number of sulfone groups is 1. The maximum atomic E-state index is 12.1. The number of carbonyl (C=O) groups is 1. The molecule has 1 fully saturated rings. The first-order chi connectivity index (χ1) is 9.95. The molecule has 0 bridgehead atoms. The van der Waals surface area contributed by atoms with Gasteiger partial charge in [0.05, 0.1) is 5.25 Å². The lowest BCUT2D eigenvalue weighted by atomic mass is 9.78. The van der Waals surface area contributed by atoms with Crippen LogP contribution in [0.1, 0.15) is 23.5 Å². The van der Waals surface area contributed by atoms with Gasteiger partial charge in [-0.2, -0.15) is 0 Å². The van der Waals surface area contributed by atoms with Crippen molar-refractivity contribution in [2.45, 2.75) is 24.0 Å². The summed E-state index contributed by atoms with van der Waals surface area (Å²) in [6.07, 6.45) is 2.78. The van der Waals surface area contributed by atoms with Gasteiger partial charge in [-0.3, -0.25) is 0 Å². The molecule has 1 aliphatic heterocycles. The Balaban J connectivity index is 1.50. The van der Waals surface area contributed by atoms with Gasteiger partial charge in [0.25, 0.3) is 0 Å². The molecule has 3 rings (SSSR count). The Morgan fingerprint density at radius 2 is 2.14 bits per heavy atom. The maximum absolute atomic E-state index is 12.1. The van der Waals surface area contributed by atoms with Gasteiger partial charge in [0.15, 0.2) is 9.84 Å². The Bertz CT molecular complexity index is 657. The highest BCUT2D eigenvalue weighted by Gasteiger charge is 2.33. The van der Waals surface area contributed by atoms with Gasteiger partial charge in [-0.05, 0) is 24.0 Å². The van der Waals surface area contributed by atoms with Gasteiger partial charge in [-0.25, -0.2) is 13.2 Å². The number of hydrogen-bond donors (Lipinski definition) is 1. The van der Waals surface area contributed by atoms with Crippen molar-refractivity contribution in [3.8, 4) is 0 Å². The van der Waals surface area contributed by atoms with Gasteiger partial charge in [-0.15, -0.1) is 0 Å². The molecule has 2 amide bonds. The molecular weight excluding hydrogens is 288 g/mol. The van der Waals surface area contributed by atoms with Gasteiger partial charge in [0.1, 0.15) is 0 Å². The van der Waals surface area contributed by atoms with E-state index in [1.54, 1.807) is 4.90 Å². The van der Waals surface area contributed by atoms with Gasteiger partial charge in [-0.1, -0.05) is 24.3 Å². The molecule has 114 valence electrons. The molecule has 21 heavy (non-hydrogen) atoms. The molecule has 6 heteroatoms. The summed E-state index contributed by atoms with van der Waals surface area (Å²) in [5, 5.41) is 2.52. The summed E-state index contributed by atoms with van der Waals surface area (Å²) < 4.78 is 23.0. The Kier molecular flexibility index (Phi) is 3.65. The first-order valence-corrected chi connectivity index (χ1v) is 9.20. The number of nitrogens with zero attached hydrogens (tertiary/aromatic N) is 1. The predicted molar refractivity (Wildman–Crippen MR) is 81.1 cm³/mol. The summed E-state index contributed by atoms with van der Waals surface area (Å²) in [5.41, 5.74) is 2.67. The zero-order valence-corrected chi connectivity index (χ0v) is 12.9. The monoisotopic (exact) mass is 308 g/mol. The van der Waals surface area contributed by atoms with E-state index in [0.717, 1.165) is 6.42 Å². The summed E-state index contributed by atoms with van der Waals surface area (Å²) >= 11 is 0. The van der Waals surface area contributed by atoms with E-state index in [0.29, 0.717) is 32.0 Å². The number of likely N-dealkylation sites (tertiary alicyclic amines) is 1. The third kappa shape index (κ3) is 2.90. The Morgan fingerprint density at radius 1 is 1.38 bits per heavy atom. The third-order valence-corrected chi connectivity index (χ3v) is 6.09. The normalized spacial score (nSPS) is 24.3. The standard InChI is InChI=1S/C15H20N2O3S/c1-21(19,20)13-6-7-17(10-13)15(18)16-9-12-8-11-4-2-3-5-14(11)12/h2-5,12-13H,6-10H2,1H3,(H,16,18). The lowest BCUT2D eigenvalue weighted by Crippen LogP contribution is -2.42. The fourth-order valence-corrected chi connectivity index (χ4v) is 4.11. The molecule has 1 aromatic rings. The van der Waals surface area contributed by atoms with Crippen LogP contribution < -0.4 is 5.32 Å². The first kappa shape index (κ1) is 14.4. The molecule has 0 aromatic heterocycles. The van der Waals surface area contributed by atoms with Crippen LogP contribution in [-0.4, -0.2) is 50.5 Å².